The molecule has 0 atom stereocenters. The molecule has 0 aliphatic carbocycles. The van der Waals surface area contributed by atoms with Crippen LogP contribution in [0.5, 0.6) is 5.88 Å². The molecule has 0 spiro atoms. The molecule has 1 fully saturated rings. The van der Waals surface area contributed by atoms with Gasteiger partial charge >= 0.3 is 6.18 Å². The van der Waals surface area contributed by atoms with E-state index in [9.17, 15) is 13.2 Å². The first-order valence-electron chi connectivity index (χ1n) is 7.17. The van der Waals surface area contributed by atoms with E-state index < -0.39 is 11.7 Å². The Hall–Kier alpha value is -1.50. The Morgan fingerprint density at radius 2 is 2.00 bits per heavy atom. The molecule has 0 saturated carbocycles. The minimum absolute atomic E-state index is 0.0139. The van der Waals surface area contributed by atoms with Crippen molar-refractivity contribution in [3.05, 3.63) is 17.7 Å². The predicted octanol–water partition coefficient (Wildman–Crippen LogP) is 3.01. The summed E-state index contributed by atoms with van der Waals surface area (Å²) in [5.74, 6) is 0.198. The summed E-state index contributed by atoms with van der Waals surface area (Å²) in [5.41, 5.74) is -0.746. The van der Waals surface area contributed by atoms with Crippen molar-refractivity contribution in [2.45, 2.75) is 25.9 Å². The first-order chi connectivity index (χ1) is 9.99. The van der Waals surface area contributed by atoms with E-state index in [4.69, 9.17) is 4.74 Å². The molecular formula is C14H20F3N3O. The van der Waals surface area contributed by atoms with Gasteiger partial charge in [-0.2, -0.15) is 18.2 Å². The van der Waals surface area contributed by atoms with Crippen LogP contribution in [0.1, 0.15) is 25.3 Å². The third-order valence-corrected chi connectivity index (χ3v) is 3.34. The summed E-state index contributed by atoms with van der Waals surface area (Å²) >= 11 is 0. The second-order valence-corrected chi connectivity index (χ2v) is 5.00. The fraction of sp³-hybridized carbons (Fsp3) is 0.643. The molecule has 2 heterocycles. The monoisotopic (exact) mass is 303 g/mol. The lowest BCUT2D eigenvalue weighted by molar-refractivity contribution is -0.137. The molecule has 2 rings (SSSR count). The second-order valence-electron chi connectivity index (χ2n) is 5.00. The largest absolute Gasteiger partial charge is 0.476 e. The lowest BCUT2D eigenvalue weighted by atomic mass is 10.2. The van der Waals surface area contributed by atoms with Gasteiger partial charge in [0.1, 0.15) is 12.4 Å². The van der Waals surface area contributed by atoms with Crippen molar-refractivity contribution in [2.24, 2.45) is 0 Å². The number of aromatic nitrogens is 1. The van der Waals surface area contributed by atoms with Crippen molar-refractivity contribution in [3.63, 3.8) is 0 Å². The van der Waals surface area contributed by atoms with Crippen LogP contribution >= 0.6 is 0 Å². The van der Waals surface area contributed by atoms with Crippen LogP contribution in [0.4, 0.5) is 19.0 Å². The highest BCUT2D eigenvalue weighted by molar-refractivity contribution is 5.42. The van der Waals surface area contributed by atoms with Crippen molar-refractivity contribution >= 4 is 5.82 Å². The van der Waals surface area contributed by atoms with Crippen LogP contribution in [0.2, 0.25) is 0 Å². The van der Waals surface area contributed by atoms with E-state index in [1.54, 1.807) is 6.92 Å². The fourth-order valence-electron chi connectivity index (χ4n) is 2.30. The Balaban J connectivity index is 2.00. The van der Waals surface area contributed by atoms with E-state index in [1.807, 2.05) is 0 Å². The molecule has 1 saturated heterocycles. The average Bonchev–Trinajstić information content (AvgIpc) is 2.91. The van der Waals surface area contributed by atoms with Crippen LogP contribution in [0, 0.1) is 0 Å². The molecule has 1 aliphatic rings. The predicted molar refractivity (Wildman–Crippen MR) is 74.6 cm³/mol. The third kappa shape index (κ3) is 4.77. The van der Waals surface area contributed by atoms with Crippen molar-refractivity contribution in [1.82, 2.24) is 9.88 Å². The van der Waals surface area contributed by atoms with E-state index >= 15 is 0 Å². The number of nitrogens with one attached hydrogen (secondary N) is 1. The number of likely N-dealkylation sites (tertiary alicyclic amines) is 1. The fourth-order valence-corrected chi connectivity index (χ4v) is 2.30. The maximum absolute atomic E-state index is 12.8. The molecule has 21 heavy (non-hydrogen) atoms. The molecule has 0 unspecified atom stereocenters. The quantitative estimate of drug-likeness (QED) is 0.876. The zero-order valence-corrected chi connectivity index (χ0v) is 12.0. The van der Waals surface area contributed by atoms with Crippen LogP contribution in [-0.2, 0) is 6.18 Å². The Labute approximate surface area is 122 Å². The zero-order valence-electron chi connectivity index (χ0n) is 12.0. The number of rotatable bonds is 6. The number of halogens is 3. The van der Waals surface area contributed by atoms with Crippen LogP contribution in [0.25, 0.3) is 0 Å². The normalized spacial score (nSPS) is 16.2. The lowest BCUT2D eigenvalue weighted by Gasteiger charge is -2.16. The van der Waals surface area contributed by atoms with Gasteiger partial charge < -0.3 is 10.1 Å². The van der Waals surface area contributed by atoms with Gasteiger partial charge in [-0.1, -0.05) is 0 Å². The van der Waals surface area contributed by atoms with Crippen LogP contribution in [-0.4, -0.2) is 42.7 Å². The summed E-state index contributed by atoms with van der Waals surface area (Å²) in [6.07, 6.45) is -2.06. The van der Waals surface area contributed by atoms with E-state index in [1.165, 1.54) is 12.8 Å². The van der Waals surface area contributed by atoms with E-state index in [-0.39, 0.29) is 11.7 Å². The third-order valence-electron chi connectivity index (χ3n) is 3.34. The summed E-state index contributed by atoms with van der Waals surface area (Å²) in [6, 6.07) is 1.95. The summed E-state index contributed by atoms with van der Waals surface area (Å²) in [5, 5.41) is 2.79. The highest BCUT2D eigenvalue weighted by Crippen LogP contribution is 2.32. The van der Waals surface area contributed by atoms with Crippen molar-refractivity contribution in [1.29, 1.82) is 0 Å². The Morgan fingerprint density at radius 3 is 2.62 bits per heavy atom. The SMILES string of the molecule is CCNc1cc(C(F)(F)F)cc(OCCN2CCCC2)n1. The number of anilines is 1. The van der Waals surface area contributed by atoms with E-state index in [0.29, 0.717) is 19.7 Å². The van der Waals surface area contributed by atoms with Crippen LogP contribution in [0.3, 0.4) is 0 Å². The summed E-state index contributed by atoms with van der Waals surface area (Å²) < 4.78 is 43.9. The summed E-state index contributed by atoms with van der Waals surface area (Å²) in [6.45, 7) is 5.43. The molecule has 1 aromatic heterocycles. The van der Waals surface area contributed by atoms with Gasteiger partial charge in [0.25, 0.3) is 0 Å². The maximum atomic E-state index is 12.8. The number of ether oxygens (including phenoxy) is 1. The minimum atomic E-state index is -4.40. The summed E-state index contributed by atoms with van der Waals surface area (Å²) in [7, 11) is 0. The number of pyridine rings is 1. The number of nitrogens with zero attached hydrogens (tertiary/aromatic N) is 2. The molecule has 0 bridgehead atoms. The van der Waals surface area contributed by atoms with Gasteiger partial charge in [-0.3, -0.25) is 4.90 Å². The van der Waals surface area contributed by atoms with E-state index in [2.05, 4.69) is 15.2 Å². The minimum Gasteiger partial charge on any atom is -0.476 e. The van der Waals surface area contributed by atoms with Gasteiger partial charge in [0.2, 0.25) is 5.88 Å². The molecule has 118 valence electrons. The smallest absolute Gasteiger partial charge is 0.416 e. The van der Waals surface area contributed by atoms with Gasteiger partial charge in [-0.15, -0.1) is 0 Å². The zero-order chi connectivity index (χ0) is 15.3. The van der Waals surface area contributed by atoms with E-state index in [0.717, 1.165) is 25.2 Å². The van der Waals surface area contributed by atoms with Gasteiger partial charge in [-0.25, -0.2) is 0 Å². The number of hydrogen-bond donors (Lipinski definition) is 1. The molecule has 7 heteroatoms. The molecule has 0 aromatic carbocycles. The summed E-state index contributed by atoms with van der Waals surface area (Å²) in [4.78, 5) is 6.28. The van der Waals surface area contributed by atoms with Crippen molar-refractivity contribution in [3.8, 4) is 5.88 Å². The second kappa shape index (κ2) is 6.98. The Morgan fingerprint density at radius 1 is 1.29 bits per heavy atom. The average molecular weight is 303 g/mol. The number of alkyl halides is 3. The van der Waals surface area contributed by atoms with Gasteiger partial charge in [0.05, 0.1) is 5.56 Å². The molecule has 4 nitrogen and oxygen atoms in total. The number of hydrogen-bond acceptors (Lipinski definition) is 4. The van der Waals surface area contributed by atoms with Gasteiger partial charge in [0.15, 0.2) is 0 Å². The molecule has 1 aliphatic heterocycles. The molecule has 0 radical (unpaired) electrons. The highest BCUT2D eigenvalue weighted by atomic mass is 19.4. The molecule has 1 N–H and O–H groups in total. The Kier molecular flexibility index (Phi) is 5.27. The van der Waals surface area contributed by atoms with Gasteiger partial charge in [-0.05, 0) is 38.9 Å². The first kappa shape index (κ1) is 15.9. The maximum Gasteiger partial charge on any atom is 0.416 e. The van der Waals surface area contributed by atoms with Gasteiger partial charge in [0, 0.05) is 19.2 Å². The van der Waals surface area contributed by atoms with Crippen LogP contribution in [0.15, 0.2) is 12.1 Å². The van der Waals surface area contributed by atoms with Crippen LogP contribution < -0.4 is 10.1 Å². The standard InChI is InChI=1S/C14H20F3N3O/c1-2-18-12-9-11(14(15,16)17)10-13(19-12)21-8-7-20-5-3-4-6-20/h9-10H,2-8H2,1H3,(H,18,19). The lowest BCUT2D eigenvalue weighted by Crippen LogP contribution is -2.25. The van der Waals surface area contributed by atoms with Crippen molar-refractivity contribution < 1.29 is 17.9 Å². The van der Waals surface area contributed by atoms with Crippen molar-refractivity contribution in [2.75, 3.05) is 38.1 Å². The topological polar surface area (TPSA) is 37.4 Å². The Bertz CT molecular complexity index is 459. The first-order valence-corrected chi connectivity index (χ1v) is 7.17. The molecule has 0 amide bonds. The highest BCUT2D eigenvalue weighted by Gasteiger charge is 2.32. The molecule has 1 aromatic rings. The molecular weight excluding hydrogens is 283 g/mol.